The van der Waals surface area contributed by atoms with Gasteiger partial charge in [0.05, 0.1) is 11.8 Å². The summed E-state index contributed by atoms with van der Waals surface area (Å²) in [6, 6.07) is 8.18. The number of anilines is 1. The Hall–Kier alpha value is -1.84. The first-order valence-corrected chi connectivity index (χ1v) is 8.94. The summed E-state index contributed by atoms with van der Waals surface area (Å²) in [5.41, 5.74) is 2.31. The second-order valence-corrected chi connectivity index (χ2v) is 7.06. The Morgan fingerprint density at radius 3 is 2.43 bits per heavy atom. The van der Waals surface area contributed by atoms with E-state index in [4.69, 9.17) is 0 Å². The van der Waals surface area contributed by atoms with E-state index in [2.05, 4.69) is 6.07 Å². The molecule has 4 heteroatoms. The fourth-order valence-electron chi connectivity index (χ4n) is 4.05. The number of carbonyl (C=O) groups is 2. The first-order chi connectivity index (χ1) is 11.3. The monoisotopic (exact) mass is 312 g/mol. The summed E-state index contributed by atoms with van der Waals surface area (Å²) in [6.45, 7) is 2.54. The van der Waals surface area contributed by atoms with Crippen molar-refractivity contribution in [3.63, 3.8) is 0 Å². The Labute approximate surface area is 137 Å². The molecule has 2 unspecified atom stereocenters. The van der Waals surface area contributed by atoms with Crippen LogP contribution in [0.2, 0.25) is 0 Å². The van der Waals surface area contributed by atoms with Crippen molar-refractivity contribution >= 4 is 17.5 Å². The molecule has 1 saturated heterocycles. The van der Waals surface area contributed by atoms with Crippen molar-refractivity contribution in [1.29, 1.82) is 0 Å². The number of hydrogen-bond donors (Lipinski definition) is 0. The Bertz CT molecular complexity index is 622. The fraction of sp³-hybridized carbons (Fsp3) is 0.579. The van der Waals surface area contributed by atoms with E-state index >= 15 is 0 Å². The van der Waals surface area contributed by atoms with Gasteiger partial charge < -0.3 is 9.80 Å². The van der Waals surface area contributed by atoms with Crippen molar-refractivity contribution in [3.8, 4) is 0 Å². The number of nitrogens with zero attached hydrogens (tertiary/aromatic N) is 2. The number of hydrogen-bond acceptors (Lipinski definition) is 2. The van der Waals surface area contributed by atoms with Crippen LogP contribution in [-0.2, 0) is 16.0 Å². The molecule has 0 aromatic heterocycles. The highest BCUT2D eigenvalue weighted by molar-refractivity contribution is 6.01. The third-order valence-electron chi connectivity index (χ3n) is 5.47. The number of amides is 2. The molecule has 4 nitrogen and oxygen atoms in total. The van der Waals surface area contributed by atoms with Gasteiger partial charge in [0, 0.05) is 25.3 Å². The summed E-state index contributed by atoms with van der Waals surface area (Å²) >= 11 is 0. The van der Waals surface area contributed by atoms with Crippen LogP contribution in [0.15, 0.2) is 24.3 Å². The van der Waals surface area contributed by atoms with Crippen molar-refractivity contribution in [1.82, 2.24) is 4.90 Å². The van der Waals surface area contributed by atoms with Gasteiger partial charge in [0.15, 0.2) is 0 Å². The molecule has 0 radical (unpaired) electrons. The summed E-state index contributed by atoms with van der Waals surface area (Å²) in [4.78, 5) is 29.3. The standard InChI is InChI=1S/C19H24N2O2/c22-18(20-10-4-1-5-11-20)15-13-16(15)19(23)21-12-6-8-14-7-2-3-9-17(14)21/h2-3,7,9,15-16H,1,4-6,8,10-13H2. The van der Waals surface area contributed by atoms with Crippen LogP contribution in [-0.4, -0.2) is 36.3 Å². The molecule has 23 heavy (non-hydrogen) atoms. The quantitative estimate of drug-likeness (QED) is 0.842. The maximum Gasteiger partial charge on any atom is 0.230 e. The Kier molecular flexibility index (Phi) is 3.83. The molecule has 2 fully saturated rings. The van der Waals surface area contributed by atoms with Crippen LogP contribution < -0.4 is 4.90 Å². The number of carbonyl (C=O) groups excluding carboxylic acids is 2. The van der Waals surface area contributed by atoms with E-state index in [-0.39, 0.29) is 23.7 Å². The van der Waals surface area contributed by atoms with Gasteiger partial charge in [-0.3, -0.25) is 9.59 Å². The Morgan fingerprint density at radius 2 is 1.61 bits per heavy atom. The van der Waals surface area contributed by atoms with Crippen LogP contribution in [0, 0.1) is 11.8 Å². The van der Waals surface area contributed by atoms with E-state index in [0.29, 0.717) is 0 Å². The van der Waals surface area contributed by atoms with Gasteiger partial charge in [-0.2, -0.15) is 0 Å². The van der Waals surface area contributed by atoms with Gasteiger partial charge in [-0.1, -0.05) is 18.2 Å². The van der Waals surface area contributed by atoms with Gasteiger partial charge in [0.1, 0.15) is 0 Å². The molecule has 1 aromatic carbocycles. The van der Waals surface area contributed by atoms with Crippen LogP contribution in [0.3, 0.4) is 0 Å². The highest BCUT2D eigenvalue weighted by Crippen LogP contribution is 2.43. The van der Waals surface area contributed by atoms with Gasteiger partial charge >= 0.3 is 0 Å². The second kappa shape index (κ2) is 5.99. The van der Waals surface area contributed by atoms with Gasteiger partial charge in [0.2, 0.25) is 11.8 Å². The van der Waals surface area contributed by atoms with Crippen LogP contribution in [0.25, 0.3) is 0 Å². The number of fused-ring (bicyclic) bond motifs is 1. The lowest BCUT2D eigenvalue weighted by Crippen LogP contribution is -2.40. The van der Waals surface area contributed by atoms with Crippen molar-refractivity contribution < 1.29 is 9.59 Å². The first-order valence-electron chi connectivity index (χ1n) is 8.94. The van der Waals surface area contributed by atoms with Gasteiger partial charge in [-0.15, -0.1) is 0 Å². The zero-order chi connectivity index (χ0) is 15.8. The molecule has 2 aliphatic heterocycles. The summed E-state index contributed by atoms with van der Waals surface area (Å²) in [7, 11) is 0. The maximum atomic E-state index is 12.9. The molecule has 2 heterocycles. The molecule has 4 rings (SSSR count). The zero-order valence-electron chi connectivity index (χ0n) is 13.5. The molecular weight excluding hydrogens is 288 g/mol. The van der Waals surface area contributed by atoms with E-state index < -0.39 is 0 Å². The third-order valence-corrected chi connectivity index (χ3v) is 5.47. The molecule has 1 saturated carbocycles. The molecule has 1 aliphatic carbocycles. The lowest BCUT2D eigenvalue weighted by molar-refractivity contribution is -0.135. The van der Waals surface area contributed by atoms with Crippen molar-refractivity contribution in [2.75, 3.05) is 24.5 Å². The number of rotatable bonds is 2. The van der Waals surface area contributed by atoms with Crippen LogP contribution in [0.4, 0.5) is 5.69 Å². The molecule has 0 bridgehead atoms. The first kappa shape index (κ1) is 14.7. The lowest BCUT2D eigenvalue weighted by atomic mass is 10.0. The largest absolute Gasteiger partial charge is 0.342 e. The predicted molar refractivity (Wildman–Crippen MR) is 89.1 cm³/mol. The normalized spacial score (nSPS) is 26.6. The molecule has 3 aliphatic rings. The molecule has 2 amide bonds. The molecular formula is C19H24N2O2. The predicted octanol–water partition coefficient (Wildman–Crippen LogP) is 2.61. The molecule has 2 atom stereocenters. The van der Waals surface area contributed by atoms with E-state index in [9.17, 15) is 9.59 Å². The van der Waals surface area contributed by atoms with Gasteiger partial charge in [0.25, 0.3) is 0 Å². The third kappa shape index (κ3) is 2.75. The Balaban J connectivity index is 1.44. The van der Waals surface area contributed by atoms with E-state index in [1.165, 1.54) is 12.0 Å². The van der Waals surface area contributed by atoms with E-state index in [1.807, 2.05) is 28.0 Å². The van der Waals surface area contributed by atoms with Gasteiger partial charge in [-0.05, 0) is 50.2 Å². The zero-order valence-corrected chi connectivity index (χ0v) is 13.5. The average Bonchev–Trinajstić information content (AvgIpc) is 3.41. The van der Waals surface area contributed by atoms with Crippen molar-refractivity contribution in [2.24, 2.45) is 11.8 Å². The average molecular weight is 312 g/mol. The van der Waals surface area contributed by atoms with Crippen LogP contribution in [0.1, 0.15) is 37.7 Å². The summed E-state index contributed by atoms with van der Waals surface area (Å²) in [5, 5.41) is 0. The minimum atomic E-state index is -0.0874. The summed E-state index contributed by atoms with van der Waals surface area (Å²) in [6.07, 6.45) is 6.24. The van der Waals surface area contributed by atoms with Crippen LogP contribution >= 0.6 is 0 Å². The van der Waals surface area contributed by atoms with E-state index in [0.717, 1.165) is 57.4 Å². The molecule has 1 aromatic rings. The van der Waals surface area contributed by atoms with Gasteiger partial charge in [-0.25, -0.2) is 0 Å². The minimum absolute atomic E-state index is 0.0605. The summed E-state index contributed by atoms with van der Waals surface area (Å²) < 4.78 is 0. The van der Waals surface area contributed by atoms with E-state index in [1.54, 1.807) is 0 Å². The van der Waals surface area contributed by atoms with Crippen molar-refractivity contribution in [3.05, 3.63) is 29.8 Å². The number of likely N-dealkylation sites (tertiary alicyclic amines) is 1. The number of aryl methyl sites for hydroxylation is 1. The molecule has 0 spiro atoms. The molecule has 0 N–H and O–H groups in total. The lowest BCUT2D eigenvalue weighted by Gasteiger charge is -2.30. The fourth-order valence-corrected chi connectivity index (χ4v) is 4.05. The SMILES string of the molecule is O=C(C1CC1C(=O)N1CCCc2ccccc21)N1CCCCC1. The summed E-state index contributed by atoms with van der Waals surface area (Å²) in [5.74, 6) is 0.228. The molecule has 122 valence electrons. The maximum absolute atomic E-state index is 12.9. The smallest absolute Gasteiger partial charge is 0.230 e. The number of para-hydroxylation sites is 1. The Morgan fingerprint density at radius 1 is 0.870 bits per heavy atom. The highest BCUT2D eigenvalue weighted by atomic mass is 16.2. The highest BCUT2D eigenvalue weighted by Gasteiger charge is 2.51. The minimum Gasteiger partial charge on any atom is -0.342 e. The number of piperidine rings is 1. The topological polar surface area (TPSA) is 40.6 Å². The number of benzene rings is 1. The van der Waals surface area contributed by atoms with Crippen LogP contribution in [0.5, 0.6) is 0 Å². The van der Waals surface area contributed by atoms with Crippen molar-refractivity contribution in [2.45, 2.75) is 38.5 Å². The second-order valence-electron chi connectivity index (χ2n) is 7.06.